The molecule has 1 amide bonds. The number of hydrogen-bond acceptors (Lipinski definition) is 4. The fraction of sp³-hybridized carbons (Fsp3) is 0.185. The van der Waals surface area contributed by atoms with E-state index < -0.39 is 6.04 Å². The van der Waals surface area contributed by atoms with E-state index in [-0.39, 0.29) is 17.1 Å². The average molecular weight is 460 g/mol. The lowest BCUT2D eigenvalue weighted by Gasteiger charge is -2.25. The van der Waals surface area contributed by atoms with Gasteiger partial charge in [0, 0.05) is 10.7 Å². The fourth-order valence-electron chi connectivity index (χ4n) is 4.20. The summed E-state index contributed by atoms with van der Waals surface area (Å²) in [5.74, 6) is 0.464. The van der Waals surface area contributed by atoms with Crippen molar-refractivity contribution in [3.05, 3.63) is 105 Å². The first kappa shape index (κ1) is 21.3. The number of rotatable bonds is 6. The van der Waals surface area contributed by atoms with Crippen molar-refractivity contribution in [3.8, 4) is 5.75 Å². The topological polar surface area (TPSA) is 59.8 Å². The third-order valence-electron chi connectivity index (χ3n) is 5.83. The molecule has 0 aliphatic carbocycles. The van der Waals surface area contributed by atoms with E-state index in [2.05, 4.69) is 6.92 Å². The summed E-state index contributed by atoms with van der Waals surface area (Å²) in [6, 6.07) is 21.0. The molecule has 166 valence electrons. The third-order valence-corrected chi connectivity index (χ3v) is 6.06. The zero-order valence-corrected chi connectivity index (χ0v) is 18.8. The van der Waals surface area contributed by atoms with Crippen LogP contribution in [-0.2, 0) is 0 Å². The number of ether oxygens (including phenoxy) is 1. The van der Waals surface area contributed by atoms with E-state index in [0.717, 1.165) is 24.2 Å². The Bertz CT molecular complexity index is 1380. The SMILES string of the molecule is CCCCOc1ccc(C2c3c(oc4ccc(Cl)cc4c3=O)C(=O)N2c2ccccc2)cc1. The van der Waals surface area contributed by atoms with Crippen molar-refractivity contribution in [3.63, 3.8) is 0 Å². The molecule has 1 atom stereocenters. The second kappa shape index (κ2) is 8.75. The summed E-state index contributed by atoms with van der Waals surface area (Å²) >= 11 is 6.15. The Labute approximate surface area is 196 Å². The Kier molecular flexibility index (Phi) is 5.65. The Morgan fingerprint density at radius 2 is 1.76 bits per heavy atom. The number of unbranched alkanes of at least 4 members (excludes halogenated alkanes) is 1. The lowest BCUT2D eigenvalue weighted by Crippen LogP contribution is -2.29. The van der Waals surface area contributed by atoms with Crippen LogP contribution in [0.3, 0.4) is 0 Å². The number of nitrogens with zero attached hydrogens (tertiary/aromatic N) is 1. The molecule has 5 rings (SSSR count). The summed E-state index contributed by atoms with van der Waals surface area (Å²) in [7, 11) is 0. The minimum absolute atomic E-state index is 0.0620. The molecule has 2 heterocycles. The van der Waals surface area contributed by atoms with Crippen molar-refractivity contribution < 1.29 is 13.9 Å². The molecule has 1 aliphatic rings. The molecule has 3 aromatic carbocycles. The quantitative estimate of drug-likeness (QED) is 0.314. The molecule has 5 nitrogen and oxygen atoms in total. The Hall–Kier alpha value is -3.57. The van der Waals surface area contributed by atoms with Gasteiger partial charge in [0.05, 0.1) is 23.6 Å². The minimum atomic E-state index is -0.626. The van der Waals surface area contributed by atoms with Crippen molar-refractivity contribution in [1.82, 2.24) is 0 Å². The zero-order chi connectivity index (χ0) is 22.9. The monoisotopic (exact) mass is 459 g/mol. The van der Waals surface area contributed by atoms with E-state index in [9.17, 15) is 9.59 Å². The van der Waals surface area contributed by atoms with Gasteiger partial charge < -0.3 is 9.15 Å². The van der Waals surface area contributed by atoms with Gasteiger partial charge in [-0.25, -0.2) is 0 Å². The predicted molar refractivity (Wildman–Crippen MR) is 129 cm³/mol. The molecule has 0 radical (unpaired) electrons. The van der Waals surface area contributed by atoms with Crippen LogP contribution in [0.1, 0.15) is 47.5 Å². The van der Waals surface area contributed by atoms with E-state index in [4.69, 9.17) is 20.8 Å². The number of hydrogen-bond donors (Lipinski definition) is 0. The maximum Gasteiger partial charge on any atom is 0.295 e. The lowest BCUT2D eigenvalue weighted by molar-refractivity contribution is 0.0971. The molecule has 0 saturated carbocycles. The van der Waals surface area contributed by atoms with Crippen molar-refractivity contribution in [2.75, 3.05) is 11.5 Å². The highest BCUT2D eigenvalue weighted by molar-refractivity contribution is 6.31. The standard InChI is InChI=1S/C27H22ClNO4/c1-2-3-15-32-20-12-9-17(10-13-20)24-23-25(30)21-16-18(28)11-14-22(21)33-26(23)27(31)29(24)19-7-5-4-6-8-19/h4-14,16,24H,2-3,15H2,1H3. The van der Waals surface area contributed by atoms with Crippen molar-refractivity contribution in [2.24, 2.45) is 0 Å². The van der Waals surface area contributed by atoms with Crippen molar-refractivity contribution in [2.45, 2.75) is 25.8 Å². The third kappa shape index (κ3) is 3.79. The van der Waals surface area contributed by atoms with E-state index >= 15 is 0 Å². The zero-order valence-electron chi connectivity index (χ0n) is 18.1. The number of amides is 1. The number of halogens is 1. The van der Waals surface area contributed by atoms with Crippen molar-refractivity contribution >= 4 is 34.2 Å². The van der Waals surface area contributed by atoms with Crippen LogP contribution in [0.2, 0.25) is 5.02 Å². The molecule has 6 heteroatoms. The fourth-order valence-corrected chi connectivity index (χ4v) is 4.37. The maximum atomic E-state index is 13.6. The van der Waals surface area contributed by atoms with Gasteiger partial charge in [0.15, 0.2) is 5.43 Å². The number of benzene rings is 3. The summed E-state index contributed by atoms with van der Waals surface area (Å²) in [6.45, 7) is 2.76. The lowest BCUT2D eigenvalue weighted by atomic mass is 9.98. The number of fused-ring (bicyclic) bond motifs is 2. The maximum absolute atomic E-state index is 13.6. The molecule has 0 bridgehead atoms. The molecule has 0 fully saturated rings. The molecular weight excluding hydrogens is 438 g/mol. The largest absolute Gasteiger partial charge is 0.494 e. The van der Waals surface area contributed by atoms with E-state index in [1.807, 2.05) is 54.6 Å². The van der Waals surface area contributed by atoms with E-state index in [1.54, 1.807) is 23.1 Å². The van der Waals surface area contributed by atoms with Crippen LogP contribution >= 0.6 is 11.6 Å². The smallest absolute Gasteiger partial charge is 0.295 e. The molecular formula is C27H22ClNO4. The highest BCUT2D eigenvalue weighted by Crippen LogP contribution is 2.41. The van der Waals surface area contributed by atoms with E-state index in [1.165, 1.54) is 0 Å². The highest BCUT2D eigenvalue weighted by Gasteiger charge is 2.43. The number of anilines is 1. The molecule has 0 spiro atoms. The van der Waals surface area contributed by atoms with Gasteiger partial charge >= 0.3 is 0 Å². The van der Waals surface area contributed by atoms with Crippen LogP contribution in [0, 0.1) is 0 Å². The molecule has 1 aliphatic heterocycles. The van der Waals surface area contributed by atoms with Gasteiger partial charge in [-0.3, -0.25) is 14.5 Å². The molecule has 1 aromatic heterocycles. The Balaban J connectivity index is 1.67. The average Bonchev–Trinajstić information content (AvgIpc) is 3.13. The molecule has 0 N–H and O–H groups in total. The van der Waals surface area contributed by atoms with Gasteiger partial charge in [-0.05, 0) is 54.4 Å². The Morgan fingerprint density at radius 1 is 1.00 bits per heavy atom. The summed E-state index contributed by atoms with van der Waals surface area (Å²) in [6.07, 6.45) is 2.03. The van der Waals surface area contributed by atoms with Gasteiger partial charge in [-0.15, -0.1) is 0 Å². The van der Waals surface area contributed by atoms with Gasteiger partial charge in [0.2, 0.25) is 5.76 Å². The first-order valence-electron chi connectivity index (χ1n) is 11.0. The first-order valence-corrected chi connectivity index (χ1v) is 11.3. The molecule has 1 unspecified atom stereocenters. The van der Waals surface area contributed by atoms with Gasteiger partial charge in [0.1, 0.15) is 11.3 Å². The summed E-state index contributed by atoms with van der Waals surface area (Å²) in [4.78, 5) is 28.7. The first-order chi connectivity index (χ1) is 16.1. The second-order valence-corrected chi connectivity index (χ2v) is 8.44. The summed E-state index contributed by atoms with van der Waals surface area (Å²) in [5.41, 5.74) is 1.88. The second-order valence-electron chi connectivity index (χ2n) is 8.00. The number of carbonyl (C=O) groups excluding carboxylic acids is 1. The van der Waals surface area contributed by atoms with Gasteiger partial charge in [-0.2, -0.15) is 0 Å². The van der Waals surface area contributed by atoms with Crippen LogP contribution in [0.25, 0.3) is 11.0 Å². The summed E-state index contributed by atoms with van der Waals surface area (Å²) in [5, 5.41) is 0.789. The highest BCUT2D eigenvalue weighted by atomic mass is 35.5. The van der Waals surface area contributed by atoms with Crippen LogP contribution < -0.4 is 15.1 Å². The van der Waals surface area contributed by atoms with Crippen LogP contribution in [0.5, 0.6) is 5.75 Å². The van der Waals surface area contributed by atoms with Crippen LogP contribution in [0.4, 0.5) is 5.69 Å². The van der Waals surface area contributed by atoms with E-state index in [0.29, 0.717) is 33.8 Å². The van der Waals surface area contributed by atoms with Crippen LogP contribution in [0.15, 0.2) is 82.0 Å². The van der Waals surface area contributed by atoms with Crippen LogP contribution in [-0.4, -0.2) is 12.5 Å². The predicted octanol–water partition coefficient (Wildman–Crippen LogP) is 6.38. The Morgan fingerprint density at radius 3 is 2.48 bits per heavy atom. The minimum Gasteiger partial charge on any atom is -0.494 e. The van der Waals surface area contributed by atoms with Gasteiger partial charge in [-0.1, -0.05) is 55.3 Å². The number of carbonyl (C=O) groups is 1. The molecule has 0 saturated heterocycles. The summed E-state index contributed by atoms with van der Waals surface area (Å²) < 4.78 is 11.8. The molecule has 4 aromatic rings. The molecule has 33 heavy (non-hydrogen) atoms. The number of para-hydroxylation sites is 1. The van der Waals surface area contributed by atoms with Gasteiger partial charge in [0.25, 0.3) is 5.91 Å². The van der Waals surface area contributed by atoms with Crippen molar-refractivity contribution in [1.29, 1.82) is 0 Å². The normalized spacial score (nSPS) is 15.2.